The van der Waals surface area contributed by atoms with Crippen molar-refractivity contribution in [1.82, 2.24) is 9.80 Å². The molecule has 1 saturated heterocycles. The van der Waals surface area contributed by atoms with Crippen molar-refractivity contribution in [1.29, 1.82) is 0 Å². The lowest BCUT2D eigenvalue weighted by atomic mass is 9.94. The molecule has 1 atom stereocenters. The standard InChI is InChI=1S/C26H31N3O2S/c1-18-19(2)32-26(27-25(30)21-8-6-5-7-9-21)23(18)24(29-16-14-28(3)15-17-29)20-10-12-22(31-4)13-11-20/h5-13,24H,14-17H2,1-4H3,(H,27,30). The monoisotopic (exact) mass is 449 g/mol. The number of hydrogen-bond acceptors (Lipinski definition) is 5. The summed E-state index contributed by atoms with van der Waals surface area (Å²) < 4.78 is 5.39. The minimum absolute atomic E-state index is 0.0695. The molecule has 0 bridgehead atoms. The van der Waals surface area contributed by atoms with E-state index in [1.807, 2.05) is 42.5 Å². The molecule has 168 valence electrons. The summed E-state index contributed by atoms with van der Waals surface area (Å²) in [4.78, 5) is 19.1. The van der Waals surface area contributed by atoms with Gasteiger partial charge in [0.1, 0.15) is 10.8 Å². The van der Waals surface area contributed by atoms with E-state index >= 15 is 0 Å². The second-order valence-electron chi connectivity index (χ2n) is 8.36. The van der Waals surface area contributed by atoms with Crippen molar-refractivity contribution in [3.8, 4) is 5.75 Å². The third-order valence-electron chi connectivity index (χ3n) is 6.30. The zero-order chi connectivity index (χ0) is 22.7. The van der Waals surface area contributed by atoms with Gasteiger partial charge in [0.25, 0.3) is 5.91 Å². The topological polar surface area (TPSA) is 44.8 Å². The molecule has 1 aliphatic rings. The highest BCUT2D eigenvalue weighted by Gasteiger charge is 2.31. The highest BCUT2D eigenvalue weighted by molar-refractivity contribution is 7.16. The molecule has 1 unspecified atom stereocenters. The first-order valence-corrected chi connectivity index (χ1v) is 11.8. The Bertz CT molecular complexity index is 1050. The van der Waals surface area contributed by atoms with Gasteiger partial charge >= 0.3 is 0 Å². The molecule has 3 aromatic rings. The smallest absolute Gasteiger partial charge is 0.256 e. The molecule has 0 radical (unpaired) electrons. The number of benzene rings is 2. The molecular weight excluding hydrogens is 418 g/mol. The fourth-order valence-electron chi connectivity index (χ4n) is 4.26. The van der Waals surface area contributed by atoms with Crippen molar-refractivity contribution >= 4 is 22.2 Å². The van der Waals surface area contributed by atoms with E-state index in [0.717, 1.165) is 36.9 Å². The zero-order valence-electron chi connectivity index (χ0n) is 19.2. The lowest BCUT2D eigenvalue weighted by Crippen LogP contribution is -2.46. The summed E-state index contributed by atoms with van der Waals surface area (Å²) in [5.41, 5.74) is 4.33. The summed E-state index contributed by atoms with van der Waals surface area (Å²) >= 11 is 1.67. The predicted molar refractivity (Wildman–Crippen MR) is 132 cm³/mol. The quantitative estimate of drug-likeness (QED) is 0.578. The normalized spacial score (nSPS) is 16.0. The lowest BCUT2D eigenvalue weighted by Gasteiger charge is -2.39. The molecule has 5 nitrogen and oxygen atoms in total. The van der Waals surface area contributed by atoms with Gasteiger partial charge in [-0.3, -0.25) is 9.69 Å². The van der Waals surface area contributed by atoms with Gasteiger partial charge in [-0.05, 0) is 56.3 Å². The van der Waals surface area contributed by atoms with E-state index in [0.29, 0.717) is 5.56 Å². The third kappa shape index (κ3) is 4.72. The van der Waals surface area contributed by atoms with Crippen LogP contribution in [0.3, 0.4) is 0 Å². The first-order valence-electron chi connectivity index (χ1n) is 11.0. The van der Waals surface area contributed by atoms with Gasteiger partial charge < -0.3 is 15.0 Å². The van der Waals surface area contributed by atoms with Crippen LogP contribution in [0.25, 0.3) is 0 Å². The maximum absolute atomic E-state index is 13.0. The first kappa shape index (κ1) is 22.5. The number of piperazine rings is 1. The Balaban J connectivity index is 1.75. The number of amides is 1. The molecule has 1 N–H and O–H groups in total. The highest BCUT2D eigenvalue weighted by Crippen LogP contribution is 2.42. The summed E-state index contributed by atoms with van der Waals surface area (Å²) in [7, 11) is 3.86. The number of nitrogens with one attached hydrogen (secondary N) is 1. The molecule has 0 spiro atoms. The maximum atomic E-state index is 13.0. The fraction of sp³-hybridized carbons (Fsp3) is 0.346. The molecule has 32 heavy (non-hydrogen) atoms. The Morgan fingerprint density at radius 2 is 1.66 bits per heavy atom. The number of ether oxygens (including phenoxy) is 1. The fourth-order valence-corrected chi connectivity index (χ4v) is 5.35. The number of nitrogens with zero attached hydrogens (tertiary/aromatic N) is 2. The van der Waals surface area contributed by atoms with E-state index < -0.39 is 0 Å². The predicted octanol–water partition coefficient (Wildman–Crippen LogP) is 4.96. The van der Waals surface area contributed by atoms with E-state index in [1.54, 1.807) is 18.4 Å². The number of anilines is 1. The minimum atomic E-state index is -0.0695. The molecule has 1 aliphatic heterocycles. The summed E-state index contributed by atoms with van der Waals surface area (Å²) in [6.07, 6.45) is 0. The molecule has 4 rings (SSSR count). The van der Waals surface area contributed by atoms with E-state index in [-0.39, 0.29) is 11.9 Å². The average molecular weight is 450 g/mol. The molecular formula is C26H31N3O2S. The van der Waals surface area contributed by atoms with Crippen molar-refractivity contribution < 1.29 is 9.53 Å². The van der Waals surface area contributed by atoms with Crippen molar-refractivity contribution in [2.75, 3.05) is 45.7 Å². The van der Waals surface area contributed by atoms with Crippen molar-refractivity contribution in [3.63, 3.8) is 0 Å². The van der Waals surface area contributed by atoms with E-state index in [1.165, 1.54) is 21.6 Å². The Morgan fingerprint density at radius 1 is 1.00 bits per heavy atom. The lowest BCUT2D eigenvalue weighted by molar-refractivity contribution is 0.102. The van der Waals surface area contributed by atoms with Crippen LogP contribution >= 0.6 is 11.3 Å². The van der Waals surface area contributed by atoms with Gasteiger partial charge in [0.15, 0.2) is 0 Å². The van der Waals surface area contributed by atoms with Crippen LogP contribution < -0.4 is 10.1 Å². The molecule has 2 heterocycles. The Kier molecular flexibility index (Phi) is 6.94. The van der Waals surface area contributed by atoms with Crippen LogP contribution in [0.4, 0.5) is 5.00 Å². The Labute approximate surface area is 194 Å². The minimum Gasteiger partial charge on any atom is -0.497 e. The van der Waals surface area contributed by atoms with Gasteiger partial charge in [0, 0.05) is 42.2 Å². The number of thiophene rings is 1. The number of carbonyl (C=O) groups excluding carboxylic acids is 1. The SMILES string of the molecule is COc1ccc(C(c2c(NC(=O)c3ccccc3)sc(C)c2C)N2CCN(C)CC2)cc1. The van der Waals surface area contributed by atoms with Crippen LogP contribution in [-0.2, 0) is 0 Å². The van der Waals surface area contributed by atoms with Gasteiger partial charge in [-0.25, -0.2) is 0 Å². The van der Waals surface area contributed by atoms with E-state index in [4.69, 9.17) is 4.74 Å². The summed E-state index contributed by atoms with van der Waals surface area (Å²) in [6.45, 7) is 8.32. The largest absolute Gasteiger partial charge is 0.497 e. The molecule has 6 heteroatoms. The van der Waals surface area contributed by atoms with Gasteiger partial charge in [0.05, 0.1) is 13.2 Å². The van der Waals surface area contributed by atoms with Gasteiger partial charge in [-0.1, -0.05) is 30.3 Å². The van der Waals surface area contributed by atoms with Gasteiger partial charge in [0.2, 0.25) is 0 Å². The zero-order valence-corrected chi connectivity index (χ0v) is 20.0. The van der Waals surface area contributed by atoms with Crippen LogP contribution in [0, 0.1) is 13.8 Å². The maximum Gasteiger partial charge on any atom is 0.256 e. The number of hydrogen-bond donors (Lipinski definition) is 1. The average Bonchev–Trinajstić information content (AvgIpc) is 3.09. The molecule has 0 saturated carbocycles. The van der Waals surface area contributed by atoms with Crippen LogP contribution in [0.5, 0.6) is 5.75 Å². The molecule has 0 aliphatic carbocycles. The van der Waals surface area contributed by atoms with Crippen molar-refractivity contribution in [3.05, 3.63) is 81.7 Å². The van der Waals surface area contributed by atoms with E-state index in [9.17, 15) is 4.79 Å². The third-order valence-corrected chi connectivity index (χ3v) is 7.44. The van der Waals surface area contributed by atoms with Gasteiger partial charge in [-0.2, -0.15) is 0 Å². The second kappa shape index (κ2) is 9.86. The van der Waals surface area contributed by atoms with Crippen molar-refractivity contribution in [2.24, 2.45) is 0 Å². The molecule has 2 aromatic carbocycles. The summed E-state index contributed by atoms with van der Waals surface area (Å²) in [6, 6.07) is 17.8. The number of rotatable bonds is 6. The number of carbonyl (C=O) groups is 1. The first-order chi connectivity index (χ1) is 15.5. The van der Waals surface area contributed by atoms with Crippen LogP contribution in [0.15, 0.2) is 54.6 Å². The number of methoxy groups -OCH3 is 1. The molecule has 1 amide bonds. The number of likely N-dealkylation sites (N-methyl/N-ethyl adjacent to an activating group) is 1. The summed E-state index contributed by atoms with van der Waals surface area (Å²) in [5.74, 6) is 0.779. The Hall–Kier alpha value is -2.67. The van der Waals surface area contributed by atoms with Crippen LogP contribution in [0.1, 0.15) is 38.0 Å². The highest BCUT2D eigenvalue weighted by atomic mass is 32.1. The molecule has 1 fully saturated rings. The second-order valence-corrected chi connectivity index (χ2v) is 9.59. The number of aryl methyl sites for hydroxylation is 1. The van der Waals surface area contributed by atoms with E-state index in [2.05, 4.69) is 48.1 Å². The van der Waals surface area contributed by atoms with Crippen LogP contribution in [0.2, 0.25) is 0 Å². The van der Waals surface area contributed by atoms with Gasteiger partial charge in [-0.15, -0.1) is 11.3 Å². The summed E-state index contributed by atoms with van der Waals surface area (Å²) in [5, 5.41) is 4.17. The van der Waals surface area contributed by atoms with Crippen molar-refractivity contribution in [2.45, 2.75) is 19.9 Å². The Morgan fingerprint density at radius 3 is 2.28 bits per heavy atom. The van der Waals surface area contributed by atoms with Crippen LogP contribution in [-0.4, -0.2) is 56.0 Å². The molecule has 1 aromatic heterocycles.